The van der Waals surface area contributed by atoms with Crippen molar-refractivity contribution < 1.29 is 97.2 Å². The van der Waals surface area contributed by atoms with Crippen LogP contribution in [0.4, 0.5) is 43.7 Å². The maximum Gasteiger partial charge on any atom is 0.329 e. The number of carbonyl (C=O) groups excluding carboxylic acids is 7. The molecule has 2 aromatic carbocycles. The Balaban J connectivity index is 0.000000545. The Labute approximate surface area is 607 Å². The highest BCUT2D eigenvalue weighted by Gasteiger charge is 2.33. The van der Waals surface area contributed by atoms with Crippen molar-refractivity contribution in [1.82, 2.24) is 61.9 Å². The molecule has 4 aromatic rings. The van der Waals surface area contributed by atoms with Crippen molar-refractivity contribution in [2.45, 2.75) is 194 Å². The summed E-state index contributed by atoms with van der Waals surface area (Å²) in [7, 11) is 0. The van der Waals surface area contributed by atoms with Gasteiger partial charge in [0.2, 0.25) is 11.8 Å². The molecule has 0 bridgehead atoms. The van der Waals surface area contributed by atoms with Gasteiger partial charge in [0.15, 0.2) is 0 Å². The van der Waals surface area contributed by atoms with Crippen LogP contribution in [0.25, 0.3) is 0 Å². The molecule has 4 atom stereocenters. The van der Waals surface area contributed by atoms with Crippen molar-refractivity contribution in [2.24, 2.45) is 0 Å². The molecule has 0 aliphatic heterocycles. The van der Waals surface area contributed by atoms with E-state index in [9.17, 15) is 93.5 Å². The van der Waals surface area contributed by atoms with E-state index in [1.165, 1.54) is 21.5 Å². The van der Waals surface area contributed by atoms with Crippen molar-refractivity contribution in [2.75, 3.05) is 23.7 Å². The summed E-state index contributed by atoms with van der Waals surface area (Å²) in [6, 6.07) is -0.943. The molecule has 44 heteroatoms. The number of nitrogens with one attached hydrogen (secondary N) is 8. The minimum Gasteiger partial charge on any atom is -0.481 e. The topological polar surface area (TPSA) is 589 Å². The van der Waals surface area contributed by atoms with Crippen LogP contribution in [0.2, 0.25) is 0 Å². The molecule has 0 unspecified atom stereocenters. The first kappa shape index (κ1) is 85.9. The van der Waals surface area contributed by atoms with Crippen LogP contribution in [0.15, 0.2) is 36.4 Å². The van der Waals surface area contributed by atoms with Gasteiger partial charge in [0.05, 0.1) is 56.3 Å². The predicted octanol–water partition coefficient (Wildman–Crippen LogP) is 5.11. The van der Waals surface area contributed by atoms with Crippen LogP contribution >= 0.6 is 45.2 Å². The van der Waals surface area contributed by atoms with Gasteiger partial charge in [0.1, 0.15) is 72.8 Å². The van der Waals surface area contributed by atoms with Gasteiger partial charge >= 0.3 is 47.9 Å². The van der Waals surface area contributed by atoms with E-state index in [4.69, 9.17) is 24.4 Å². The third-order valence-electron chi connectivity index (χ3n) is 13.2. The van der Waals surface area contributed by atoms with Gasteiger partial charge in [-0.1, -0.05) is 10.4 Å². The Bertz CT molecular complexity index is 3700. The number of rotatable bonds is 38. The largest absolute Gasteiger partial charge is 0.481 e. The minimum atomic E-state index is -1.53. The zero-order valence-electron chi connectivity index (χ0n) is 56.7. The maximum atomic E-state index is 13.2. The molecule has 0 aliphatic carbocycles. The number of benzene rings is 2. The first-order valence-corrected chi connectivity index (χ1v) is 33.1. The average molecular weight is 1670 g/mol. The summed E-state index contributed by atoms with van der Waals surface area (Å²) in [5, 5.41) is 108. The molecule has 4 rings (SSSR count). The quantitative estimate of drug-likeness (QED) is 0.00693. The fourth-order valence-corrected chi connectivity index (χ4v) is 9.75. The molecule has 0 aliphatic rings. The van der Waals surface area contributed by atoms with Crippen molar-refractivity contribution in [1.29, 1.82) is 0 Å². The van der Waals surface area contributed by atoms with Crippen LogP contribution in [0.5, 0.6) is 0 Å². The number of unbranched alkanes of at least 4 members (excludes halogenated alkanes) is 2. The fraction of sp³-hybridized carbons (Fsp3) is 0.552. The zero-order chi connectivity index (χ0) is 77.0. The fourth-order valence-electron chi connectivity index (χ4n) is 8.62. The molecule has 560 valence electrons. The number of esters is 3. The van der Waals surface area contributed by atoms with Gasteiger partial charge in [-0.25, -0.2) is 38.1 Å². The summed E-state index contributed by atoms with van der Waals surface area (Å²) < 4.78 is 19.7. The normalized spacial score (nSPS) is 12.4. The lowest BCUT2D eigenvalue weighted by Crippen LogP contribution is -2.53. The number of ether oxygens (including phenoxy) is 3. The molecule has 102 heavy (non-hydrogen) atoms. The standard InChI is InChI=1S/C35H52IN9O12.C23H28IN9O12/c1-33(2,3)55-28(47)16-15-24(31(49)57-35(7,8)9)40-32(50)39-23(30(48)56-34(4,5)6)12-10-11-17-37-27(46)20-43-26(29(36)41-42-43)19-38-22-14-13-21(44(51)52)18-25(22)45(53)54;24-20-17(10-26-13-5-4-12(32(42)43)9-16(13)33(44)45)31(30-29-20)11-18(34)25-8-2-1-3-14(21(37)38)27-23(41)28-15(22(39)40)6-7-19(35)36/h13-14,18,23-24,38H,10-12,15-17,19-20H2,1-9H3,(H,37,46)(H2,39,40,50);4-5,9,14-15,26H,1-3,6-8,10-11H2,(H,25,34)(H,35,36)(H,37,38)(H,39,40)(H2,27,28,41)/t23-,24-;14-,15-/m00/s1. The highest BCUT2D eigenvalue weighted by Crippen LogP contribution is 2.31. The van der Waals surface area contributed by atoms with E-state index in [2.05, 4.69) is 57.8 Å². The van der Waals surface area contributed by atoms with E-state index < -0.39 is 156 Å². The Morgan fingerprint density at radius 1 is 0.500 bits per heavy atom. The molecular formula is C58H80I2N18O24. The molecule has 0 saturated carbocycles. The third kappa shape index (κ3) is 31.9. The second kappa shape index (κ2) is 40.2. The first-order valence-electron chi connectivity index (χ1n) is 31.0. The number of nitrogens with zero attached hydrogens (tertiary/aromatic N) is 10. The van der Waals surface area contributed by atoms with Gasteiger partial charge < -0.3 is 72.1 Å². The summed E-state index contributed by atoms with van der Waals surface area (Å²) >= 11 is 3.75. The molecule has 2 aromatic heterocycles. The highest BCUT2D eigenvalue weighted by molar-refractivity contribution is 14.1. The van der Waals surface area contributed by atoms with Crippen molar-refractivity contribution in [3.63, 3.8) is 0 Å². The van der Waals surface area contributed by atoms with Crippen LogP contribution in [0.3, 0.4) is 0 Å². The Kier molecular flexibility index (Phi) is 33.9. The van der Waals surface area contributed by atoms with E-state index in [-0.39, 0.29) is 82.7 Å². The number of carboxylic acids is 3. The molecule has 42 nitrogen and oxygen atoms in total. The monoisotopic (exact) mass is 1670 g/mol. The number of urea groups is 2. The molecule has 0 fully saturated rings. The van der Waals surface area contributed by atoms with Gasteiger partial charge in [-0.3, -0.25) is 59.6 Å². The van der Waals surface area contributed by atoms with Gasteiger partial charge in [-0.05, 0) is 171 Å². The number of halogens is 2. The second-order valence-corrected chi connectivity index (χ2v) is 27.1. The Morgan fingerprint density at radius 3 is 1.21 bits per heavy atom. The molecule has 0 saturated heterocycles. The number of hydrogen-bond donors (Lipinski definition) is 11. The van der Waals surface area contributed by atoms with E-state index in [0.717, 1.165) is 24.3 Å². The Morgan fingerprint density at radius 2 is 0.853 bits per heavy atom. The maximum absolute atomic E-state index is 13.2. The Hall–Kier alpha value is -10.3. The van der Waals surface area contributed by atoms with Crippen molar-refractivity contribution >= 4 is 139 Å². The lowest BCUT2D eigenvalue weighted by Gasteiger charge is -2.27. The SMILES string of the molecule is CC(C)(C)OC(=O)CC[C@H](NC(=O)N[C@@H](CCCCNC(=O)Cn1nnc(I)c1CNc1ccc([N+](=O)[O-])cc1[N+](=O)[O-])C(=O)OC(C)(C)C)C(=O)OC(C)(C)C.O=C(O)CC[C@H](NC(=O)N[C@@H](CCCCNC(=O)Cn1nnc(I)c1CNc1ccc([N+](=O)[O-])cc1[N+](=O)[O-])C(=O)O)C(=O)O. The molecule has 6 amide bonds. The summed E-state index contributed by atoms with van der Waals surface area (Å²) in [6.45, 7) is 14.8. The number of nitro groups is 4. The van der Waals surface area contributed by atoms with E-state index in [0.29, 0.717) is 38.1 Å². The minimum absolute atomic E-state index is 0.00475. The number of carbonyl (C=O) groups is 10. The van der Waals surface area contributed by atoms with Crippen molar-refractivity contribution in [3.05, 3.63) is 95.6 Å². The first-order chi connectivity index (χ1) is 47.4. The number of carboxylic acid groups (broad SMARTS) is 3. The smallest absolute Gasteiger partial charge is 0.329 e. The molecule has 0 radical (unpaired) electrons. The summed E-state index contributed by atoms with van der Waals surface area (Å²) in [5.74, 6) is -7.10. The van der Waals surface area contributed by atoms with Gasteiger partial charge in [-0.15, -0.1) is 10.2 Å². The molecular weight excluding hydrogens is 1590 g/mol. The lowest BCUT2D eigenvalue weighted by atomic mass is 10.1. The number of nitro benzene ring substituents is 4. The number of anilines is 2. The number of hydrogen-bond acceptors (Lipinski definition) is 27. The lowest BCUT2D eigenvalue weighted by molar-refractivity contribution is -0.393. The van der Waals surface area contributed by atoms with Gasteiger partial charge in [-0.2, -0.15) is 0 Å². The number of aliphatic carboxylic acids is 3. The van der Waals surface area contributed by atoms with Gasteiger partial charge in [0, 0.05) is 38.1 Å². The molecule has 0 spiro atoms. The summed E-state index contributed by atoms with van der Waals surface area (Å²) in [4.78, 5) is 164. The van der Waals surface area contributed by atoms with Crippen LogP contribution in [0.1, 0.15) is 138 Å². The second-order valence-electron chi connectivity index (χ2n) is 25.0. The van der Waals surface area contributed by atoms with Crippen LogP contribution in [-0.4, -0.2) is 179 Å². The van der Waals surface area contributed by atoms with Crippen LogP contribution < -0.4 is 42.5 Å². The number of amides is 6. The van der Waals surface area contributed by atoms with Crippen LogP contribution in [0, 0.1) is 47.9 Å². The zero-order valence-corrected chi connectivity index (χ0v) is 61.0. The third-order valence-corrected chi connectivity index (χ3v) is 14.9. The summed E-state index contributed by atoms with van der Waals surface area (Å²) in [5.41, 5.74) is -3.56. The number of non-ortho nitro benzene ring substituents is 2. The highest BCUT2D eigenvalue weighted by atomic mass is 127. The average Bonchev–Trinajstić information content (AvgIpc) is 1.17. The molecule has 2 heterocycles. The van der Waals surface area contributed by atoms with E-state index in [1.807, 2.05) is 50.5 Å². The number of aromatic nitrogens is 6. The summed E-state index contributed by atoms with van der Waals surface area (Å²) in [6.07, 6.45) is 0.102. The van der Waals surface area contributed by atoms with E-state index >= 15 is 0 Å². The van der Waals surface area contributed by atoms with Crippen LogP contribution in [-0.2, 0) is 78.7 Å². The molecule has 11 N–H and O–H groups in total. The van der Waals surface area contributed by atoms with Crippen molar-refractivity contribution in [3.8, 4) is 0 Å². The van der Waals surface area contributed by atoms with E-state index in [1.54, 1.807) is 62.3 Å². The van der Waals surface area contributed by atoms with Gasteiger partial charge in [0.25, 0.3) is 22.7 Å². The predicted molar refractivity (Wildman–Crippen MR) is 371 cm³/mol.